The van der Waals surface area contributed by atoms with Gasteiger partial charge < -0.3 is 5.32 Å². The van der Waals surface area contributed by atoms with Crippen molar-refractivity contribution in [2.24, 2.45) is 5.92 Å². The van der Waals surface area contributed by atoms with E-state index in [1.165, 1.54) is 19.3 Å². The number of aryl methyl sites for hydroxylation is 2. The maximum atomic E-state index is 13.0. The number of carbonyl (C=O) groups excluding carboxylic acids is 1. The Labute approximate surface area is 177 Å². The van der Waals surface area contributed by atoms with E-state index in [0.29, 0.717) is 36.9 Å². The van der Waals surface area contributed by atoms with E-state index in [2.05, 4.69) is 34.5 Å². The molecule has 164 valence electrons. The summed E-state index contributed by atoms with van der Waals surface area (Å²) in [5.74, 6) is 1.74. The van der Waals surface area contributed by atoms with E-state index in [9.17, 15) is 9.59 Å². The van der Waals surface area contributed by atoms with Crippen LogP contribution in [0.1, 0.15) is 93.0 Å². The largest absolute Gasteiger partial charge is 0.349 e. The van der Waals surface area contributed by atoms with Crippen LogP contribution in [0, 0.1) is 5.92 Å². The summed E-state index contributed by atoms with van der Waals surface area (Å²) in [7, 11) is 0. The Hall–Kier alpha value is -2.38. The van der Waals surface area contributed by atoms with Crippen LogP contribution >= 0.6 is 0 Å². The normalized spacial score (nSPS) is 20.2. The minimum Gasteiger partial charge on any atom is -0.349 e. The molecule has 0 radical (unpaired) electrons. The summed E-state index contributed by atoms with van der Waals surface area (Å²) in [5, 5.41) is 15.0. The number of nitrogens with zero attached hydrogens (tertiary/aromatic N) is 4. The first-order valence-electron chi connectivity index (χ1n) is 11.5. The molecule has 4 rings (SSSR count). The fourth-order valence-corrected chi connectivity index (χ4v) is 4.74. The second kappa shape index (κ2) is 9.18. The fourth-order valence-electron chi connectivity index (χ4n) is 4.74. The highest BCUT2D eigenvalue weighted by Gasteiger charge is 2.26. The molecule has 0 saturated heterocycles. The molecule has 1 saturated carbocycles. The number of rotatable bonds is 6. The highest BCUT2D eigenvalue weighted by Crippen LogP contribution is 2.33. The molecule has 0 bridgehead atoms. The lowest BCUT2D eigenvalue weighted by atomic mass is 9.85. The number of hydrogen-bond donors (Lipinski definition) is 2. The third-order valence-electron chi connectivity index (χ3n) is 6.60. The Morgan fingerprint density at radius 2 is 2.03 bits per heavy atom. The van der Waals surface area contributed by atoms with Gasteiger partial charge in [-0.05, 0) is 38.0 Å². The van der Waals surface area contributed by atoms with Gasteiger partial charge in [-0.1, -0.05) is 33.1 Å². The summed E-state index contributed by atoms with van der Waals surface area (Å²) in [6.45, 7) is 5.57. The SMILES string of the molecule is CC(C)CCn1nc2n(c1=O)CCC(NC(=O)c1cn[nH]c1C1CCCCC1)CC2. The van der Waals surface area contributed by atoms with Crippen LogP contribution < -0.4 is 11.0 Å². The van der Waals surface area contributed by atoms with Crippen LogP contribution in [-0.2, 0) is 19.5 Å². The number of aromatic nitrogens is 5. The van der Waals surface area contributed by atoms with Crippen LogP contribution in [0.5, 0.6) is 0 Å². The topological polar surface area (TPSA) is 97.6 Å². The summed E-state index contributed by atoms with van der Waals surface area (Å²) >= 11 is 0. The van der Waals surface area contributed by atoms with Crippen molar-refractivity contribution in [1.29, 1.82) is 0 Å². The van der Waals surface area contributed by atoms with E-state index < -0.39 is 0 Å². The van der Waals surface area contributed by atoms with Crippen LogP contribution in [0.25, 0.3) is 0 Å². The number of nitrogens with one attached hydrogen (secondary N) is 2. The van der Waals surface area contributed by atoms with Crippen molar-refractivity contribution in [1.82, 2.24) is 29.9 Å². The molecule has 1 aliphatic carbocycles. The van der Waals surface area contributed by atoms with Gasteiger partial charge in [-0.25, -0.2) is 9.48 Å². The van der Waals surface area contributed by atoms with Gasteiger partial charge in [0.25, 0.3) is 5.91 Å². The van der Waals surface area contributed by atoms with Gasteiger partial charge in [0, 0.05) is 31.5 Å². The number of aromatic amines is 1. The average molecular weight is 415 g/mol. The Morgan fingerprint density at radius 1 is 1.23 bits per heavy atom. The molecule has 0 aromatic carbocycles. The molecule has 1 amide bonds. The summed E-state index contributed by atoms with van der Waals surface area (Å²) in [5.41, 5.74) is 1.65. The van der Waals surface area contributed by atoms with Gasteiger partial charge in [-0.2, -0.15) is 10.2 Å². The van der Waals surface area contributed by atoms with Crippen LogP contribution in [0.4, 0.5) is 0 Å². The molecular formula is C22H34N6O2. The lowest BCUT2D eigenvalue weighted by Gasteiger charge is -2.22. The second-order valence-electron chi connectivity index (χ2n) is 9.29. The smallest absolute Gasteiger partial charge is 0.345 e. The number of carbonyl (C=O) groups is 1. The van der Waals surface area contributed by atoms with Crippen molar-refractivity contribution in [3.8, 4) is 0 Å². The van der Waals surface area contributed by atoms with Crippen LogP contribution in [0.15, 0.2) is 11.0 Å². The summed E-state index contributed by atoms with van der Waals surface area (Å²) in [4.78, 5) is 25.6. The molecule has 0 spiro atoms. The Morgan fingerprint density at radius 3 is 2.80 bits per heavy atom. The van der Waals surface area contributed by atoms with E-state index in [1.54, 1.807) is 15.4 Å². The Balaban J connectivity index is 1.38. The molecule has 2 aromatic heterocycles. The molecule has 8 nitrogen and oxygen atoms in total. The van der Waals surface area contributed by atoms with E-state index in [-0.39, 0.29) is 17.6 Å². The van der Waals surface area contributed by atoms with Crippen molar-refractivity contribution in [2.45, 2.75) is 96.7 Å². The zero-order valence-corrected chi connectivity index (χ0v) is 18.2. The van der Waals surface area contributed by atoms with Crippen LogP contribution in [0.2, 0.25) is 0 Å². The number of amides is 1. The third kappa shape index (κ3) is 4.52. The monoisotopic (exact) mass is 414 g/mol. The highest BCUT2D eigenvalue weighted by atomic mass is 16.2. The molecule has 2 N–H and O–H groups in total. The maximum absolute atomic E-state index is 13.0. The molecule has 1 unspecified atom stereocenters. The molecule has 3 heterocycles. The highest BCUT2D eigenvalue weighted by molar-refractivity contribution is 5.95. The van der Waals surface area contributed by atoms with Gasteiger partial charge in [0.1, 0.15) is 5.82 Å². The number of H-pyrrole nitrogens is 1. The van der Waals surface area contributed by atoms with Crippen molar-refractivity contribution >= 4 is 5.91 Å². The van der Waals surface area contributed by atoms with Gasteiger partial charge in [-0.3, -0.25) is 14.5 Å². The van der Waals surface area contributed by atoms with E-state index in [0.717, 1.165) is 43.6 Å². The van der Waals surface area contributed by atoms with Gasteiger partial charge in [0.15, 0.2) is 0 Å². The molecule has 2 aromatic rings. The predicted octanol–water partition coefficient (Wildman–Crippen LogP) is 3.00. The fraction of sp³-hybridized carbons (Fsp3) is 0.727. The molecule has 30 heavy (non-hydrogen) atoms. The van der Waals surface area contributed by atoms with Gasteiger partial charge in [-0.15, -0.1) is 0 Å². The quantitative estimate of drug-likeness (QED) is 0.759. The zero-order valence-electron chi connectivity index (χ0n) is 18.2. The minimum absolute atomic E-state index is 0.0213. The average Bonchev–Trinajstić information content (AvgIpc) is 3.29. The Bertz CT molecular complexity index is 918. The van der Waals surface area contributed by atoms with Gasteiger partial charge in [0.05, 0.1) is 17.5 Å². The summed E-state index contributed by atoms with van der Waals surface area (Å²) in [6, 6.07) is 0.0387. The molecule has 1 fully saturated rings. The van der Waals surface area contributed by atoms with Gasteiger partial charge in [0.2, 0.25) is 0 Å². The molecule has 8 heteroatoms. The first kappa shape index (κ1) is 20.9. The van der Waals surface area contributed by atoms with Crippen molar-refractivity contribution in [2.75, 3.05) is 0 Å². The predicted molar refractivity (Wildman–Crippen MR) is 115 cm³/mol. The van der Waals surface area contributed by atoms with Crippen LogP contribution in [-0.4, -0.2) is 36.5 Å². The molecule has 1 atom stereocenters. The van der Waals surface area contributed by atoms with Crippen molar-refractivity contribution in [3.05, 3.63) is 33.8 Å². The summed E-state index contributed by atoms with van der Waals surface area (Å²) in [6.07, 6.45) is 10.8. The van der Waals surface area contributed by atoms with Crippen LogP contribution in [0.3, 0.4) is 0 Å². The van der Waals surface area contributed by atoms with E-state index in [4.69, 9.17) is 0 Å². The first-order valence-corrected chi connectivity index (χ1v) is 11.5. The zero-order chi connectivity index (χ0) is 21.1. The Kier molecular flexibility index (Phi) is 6.39. The van der Waals surface area contributed by atoms with Crippen molar-refractivity contribution < 1.29 is 4.79 Å². The van der Waals surface area contributed by atoms with E-state index >= 15 is 0 Å². The lowest BCUT2D eigenvalue weighted by molar-refractivity contribution is 0.0931. The van der Waals surface area contributed by atoms with Crippen molar-refractivity contribution in [3.63, 3.8) is 0 Å². The minimum atomic E-state index is -0.0526. The van der Waals surface area contributed by atoms with Gasteiger partial charge >= 0.3 is 5.69 Å². The molecular weight excluding hydrogens is 380 g/mol. The third-order valence-corrected chi connectivity index (χ3v) is 6.60. The number of hydrogen-bond acceptors (Lipinski definition) is 4. The van der Waals surface area contributed by atoms with E-state index in [1.807, 2.05) is 0 Å². The number of fused-ring (bicyclic) bond motifs is 1. The first-order chi connectivity index (χ1) is 14.5. The standard InChI is InChI=1S/C22H34N6O2/c1-15(2)10-13-28-22(30)27-12-11-17(8-9-19(27)26-28)24-21(29)18-14-23-25-20(18)16-6-4-3-5-7-16/h14-17H,3-13H2,1-2H3,(H,23,25)(H,24,29). The molecule has 1 aliphatic heterocycles. The molecule has 2 aliphatic rings. The maximum Gasteiger partial charge on any atom is 0.345 e. The summed E-state index contributed by atoms with van der Waals surface area (Å²) < 4.78 is 3.40. The lowest BCUT2D eigenvalue weighted by Crippen LogP contribution is -2.36. The second-order valence-corrected chi connectivity index (χ2v) is 9.29.